The van der Waals surface area contributed by atoms with E-state index in [1.54, 1.807) is 0 Å². The quantitative estimate of drug-likeness (QED) is 0.663. The number of hydrogen-bond acceptors (Lipinski definition) is 0. The average molecular weight is 256 g/mol. The van der Waals surface area contributed by atoms with Crippen molar-refractivity contribution in [2.45, 2.75) is 5.33 Å². The van der Waals surface area contributed by atoms with Gasteiger partial charge in [0.1, 0.15) is 0 Å². The molecule has 2 heteroatoms. The molecule has 0 aromatic heterocycles. The van der Waals surface area contributed by atoms with Crippen molar-refractivity contribution < 1.29 is 0 Å². The molecule has 66 valence electrons. The first kappa shape index (κ1) is 9.04. The number of halogens is 2. The second-order valence-corrected chi connectivity index (χ2v) is 3.85. The molecule has 0 atom stereocenters. The van der Waals surface area contributed by atoms with Crippen LogP contribution in [0.15, 0.2) is 36.4 Å². The van der Waals surface area contributed by atoms with Crippen LogP contribution in [-0.4, -0.2) is 0 Å². The molecule has 2 rings (SSSR count). The first-order valence-electron chi connectivity index (χ1n) is 4.05. The van der Waals surface area contributed by atoms with E-state index in [0.29, 0.717) is 0 Å². The lowest BCUT2D eigenvalue weighted by atomic mass is 10.1. The van der Waals surface area contributed by atoms with Crippen LogP contribution in [0, 0.1) is 0 Å². The molecule has 2 aromatic rings. The number of hydrogen-bond donors (Lipinski definition) is 0. The highest BCUT2D eigenvalue weighted by molar-refractivity contribution is 9.08. The van der Waals surface area contributed by atoms with E-state index in [4.69, 9.17) is 11.6 Å². The molecule has 0 amide bonds. The van der Waals surface area contributed by atoms with E-state index < -0.39 is 0 Å². The summed E-state index contributed by atoms with van der Waals surface area (Å²) in [5.74, 6) is 0. The monoisotopic (exact) mass is 254 g/mol. The smallest absolute Gasteiger partial charge is 0.0484 e. The standard InChI is InChI=1S/C11H8BrCl/c12-7-8-5-6-11(13)10-4-2-1-3-9(8)10/h1-6H,7H2. The third-order valence-corrected chi connectivity index (χ3v) is 3.04. The molecule has 13 heavy (non-hydrogen) atoms. The molecular formula is C11H8BrCl. The molecule has 0 aliphatic carbocycles. The molecule has 0 N–H and O–H groups in total. The molecule has 0 aliphatic heterocycles. The van der Waals surface area contributed by atoms with Crippen LogP contribution < -0.4 is 0 Å². The molecule has 0 saturated heterocycles. The van der Waals surface area contributed by atoms with Crippen LogP contribution in [0.5, 0.6) is 0 Å². The van der Waals surface area contributed by atoms with Crippen molar-refractivity contribution in [3.8, 4) is 0 Å². The summed E-state index contributed by atoms with van der Waals surface area (Å²) >= 11 is 9.53. The molecule has 0 radical (unpaired) electrons. The third kappa shape index (κ3) is 1.59. The first-order valence-corrected chi connectivity index (χ1v) is 5.55. The van der Waals surface area contributed by atoms with Gasteiger partial charge >= 0.3 is 0 Å². The number of alkyl halides is 1. The molecule has 0 fully saturated rings. The predicted octanol–water partition coefficient (Wildman–Crippen LogP) is 4.39. The van der Waals surface area contributed by atoms with Gasteiger partial charge in [0.25, 0.3) is 0 Å². The van der Waals surface area contributed by atoms with Crippen LogP contribution in [-0.2, 0) is 5.33 Å². The third-order valence-electron chi connectivity index (χ3n) is 2.11. The summed E-state index contributed by atoms with van der Waals surface area (Å²) < 4.78 is 0. The Bertz CT molecular complexity index is 437. The van der Waals surface area contributed by atoms with Gasteiger partial charge in [0, 0.05) is 15.7 Å². The Morgan fingerprint density at radius 2 is 1.69 bits per heavy atom. The van der Waals surface area contributed by atoms with E-state index in [1.807, 2.05) is 24.3 Å². The zero-order valence-electron chi connectivity index (χ0n) is 6.93. The number of rotatable bonds is 1. The van der Waals surface area contributed by atoms with Crippen molar-refractivity contribution in [3.05, 3.63) is 47.0 Å². The number of benzene rings is 2. The van der Waals surface area contributed by atoms with Crippen molar-refractivity contribution in [1.29, 1.82) is 0 Å². The molecule has 0 aliphatic rings. The molecule has 0 unspecified atom stereocenters. The Morgan fingerprint density at radius 1 is 1.00 bits per heavy atom. The van der Waals surface area contributed by atoms with Crippen LogP contribution in [0.25, 0.3) is 10.8 Å². The average Bonchev–Trinajstić information content (AvgIpc) is 2.19. The SMILES string of the molecule is Clc1ccc(CBr)c2ccccc12. The summed E-state index contributed by atoms with van der Waals surface area (Å²) in [4.78, 5) is 0. The Balaban J connectivity index is 2.84. The summed E-state index contributed by atoms with van der Waals surface area (Å²) in [5, 5.41) is 4.04. The van der Waals surface area contributed by atoms with Crippen molar-refractivity contribution >= 4 is 38.3 Å². The lowest BCUT2D eigenvalue weighted by Crippen LogP contribution is -1.81. The molecule has 2 aromatic carbocycles. The fourth-order valence-electron chi connectivity index (χ4n) is 1.44. The fourth-order valence-corrected chi connectivity index (χ4v) is 2.16. The van der Waals surface area contributed by atoms with E-state index in [0.717, 1.165) is 15.7 Å². The maximum Gasteiger partial charge on any atom is 0.0484 e. The Kier molecular flexibility index (Phi) is 2.56. The van der Waals surface area contributed by atoms with Gasteiger partial charge in [-0.25, -0.2) is 0 Å². The van der Waals surface area contributed by atoms with E-state index in [1.165, 1.54) is 10.9 Å². The highest BCUT2D eigenvalue weighted by Gasteiger charge is 2.01. The maximum absolute atomic E-state index is 6.07. The predicted molar refractivity (Wildman–Crippen MR) is 61.6 cm³/mol. The summed E-state index contributed by atoms with van der Waals surface area (Å²) in [6, 6.07) is 12.2. The minimum Gasteiger partial charge on any atom is -0.0876 e. The molecule has 0 heterocycles. The van der Waals surface area contributed by atoms with Crippen molar-refractivity contribution in [2.24, 2.45) is 0 Å². The highest BCUT2D eigenvalue weighted by atomic mass is 79.9. The van der Waals surface area contributed by atoms with Gasteiger partial charge in [-0.05, 0) is 17.0 Å². The first-order chi connectivity index (χ1) is 6.33. The van der Waals surface area contributed by atoms with Crippen LogP contribution in [0.3, 0.4) is 0 Å². The molecule has 0 spiro atoms. The van der Waals surface area contributed by atoms with Crippen LogP contribution in [0.1, 0.15) is 5.56 Å². The van der Waals surface area contributed by atoms with Crippen LogP contribution >= 0.6 is 27.5 Å². The Morgan fingerprint density at radius 3 is 2.38 bits per heavy atom. The topological polar surface area (TPSA) is 0 Å². The van der Waals surface area contributed by atoms with Gasteiger partial charge in [-0.2, -0.15) is 0 Å². The lowest BCUT2D eigenvalue weighted by Gasteiger charge is -2.04. The molecule has 0 bridgehead atoms. The van der Waals surface area contributed by atoms with Gasteiger partial charge in [0.15, 0.2) is 0 Å². The Labute approximate surface area is 90.6 Å². The molecule has 0 saturated carbocycles. The van der Waals surface area contributed by atoms with E-state index >= 15 is 0 Å². The Hall–Kier alpha value is -0.530. The van der Waals surface area contributed by atoms with E-state index in [9.17, 15) is 0 Å². The van der Waals surface area contributed by atoms with Crippen LogP contribution in [0.4, 0.5) is 0 Å². The van der Waals surface area contributed by atoms with Gasteiger partial charge in [-0.1, -0.05) is 57.9 Å². The number of fused-ring (bicyclic) bond motifs is 1. The summed E-state index contributed by atoms with van der Waals surface area (Å²) in [6.07, 6.45) is 0. The zero-order chi connectivity index (χ0) is 9.26. The van der Waals surface area contributed by atoms with Gasteiger partial charge in [-0.15, -0.1) is 0 Å². The van der Waals surface area contributed by atoms with E-state index in [-0.39, 0.29) is 0 Å². The van der Waals surface area contributed by atoms with E-state index in [2.05, 4.69) is 28.1 Å². The highest BCUT2D eigenvalue weighted by Crippen LogP contribution is 2.27. The van der Waals surface area contributed by atoms with Gasteiger partial charge in [0.05, 0.1) is 0 Å². The van der Waals surface area contributed by atoms with Crippen LogP contribution in [0.2, 0.25) is 5.02 Å². The normalized spacial score (nSPS) is 10.6. The van der Waals surface area contributed by atoms with Crippen molar-refractivity contribution in [3.63, 3.8) is 0 Å². The van der Waals surface area contributed by atoms with Crippen molar-refractivity contribution in [1.82, 2.24) is 0 Å². The largest absolute Gasteiger partial charge is 0.0876 e. The van der Waals surface area contributed by atoms with Gasteiger partial charge in [-0.3, -0.25) is 0 Å². The summed E-state index contributed by atoms with van der Waals surface area (Å²) in [5.41, 5.74) is 1.28. The maximum atomic E-state index is 6.07. The summed E-state index contributed by atoms with van der Waals surface area (Å²) in [7, 11) is 0. The lowest BCUT2D eigenvalue weighted by molar-refractivity contribution is 1.49. The van der Waals surface area contributed by atoms with Gasteiger partial charge in [0.2, 0.25) is 0 Å². The van der Waals surface area contributed by atoms with Gasteiger partial charge < -0.3 is 0 Å². The molecule has 0 nitrogen and oxygen atoms in total. The second-order valence-electron chi connectivity index (χ2n) is 2.89. The van der Waals surface area contributed by atoms with Crippen molar-refractivity contribution in [2.75, 3.05) is 0 Å². The second kappa shape index (κ2) is 3.69. The minimum absolute atomic E-state index is 0.820. The fraction of sp³-hybridized carbons (Fsp3) is 0.0909. The molecular weight excluding hydrogens is 247 g/mol. The summed E-state index contributed by atoms with van der Waals surface area (Å²) in [6.45, 7) is 0. The minimum atomic E-state index is 0.820. The zero-order valence-corrected chi connectivity index (χ0v) is 9.27.